The molecule has 0 spiro atoms. The van der Waals surface area contributed by atoms with Gasteiger partial charge in [0, 0.05) is 0 Å². The van der Waals surface area contributed by atoms with Crippen molar-refractivity contribution in [2.45, 2.75) is 13.0 Å². The van der Waals surface area contributed by atoms with Crippen LogP contribution >= 0.6 is 7.26 Å². The van der Waals surface area contributed by atoms with Gasteiger partial charge in [-0.05, 0) is 0 Å². The van der Waals surface area contributed by atoms with Crippen LogP contribution in [0.25, 0.3) is 0 Å². The van der Waals surface area contributed by atoms with Crippen LogP contribution in [-0.4, -0.2) is 37.4 Å². The summed E-state index contributed by atoms with van der Waals surface area (Å²) in [4.78, 5) is 0. The van der Waals surface area contributed by atoms with E-state index in [4.69, 9.17) is 5.11 Å². The van der Waals surface area contributed by atoms with E-state index < -0.39 is 7.26 Å². The van der Waals surface area contributed by atoms with Crippen LogP contribution in [0.2, 0.25) is 0 Å². The van der Waals surface area contributed by atoms with E-state index >= 15 is 0 Å². The number of hydrogen-bond acceptors (Lipinski definition) is 1. The van der Waals surface area contributed by atoms with Gasteiger partial charge in [-0.25, -0.2) is 0 Å². The van der Waals surface area contributed by atoms with Crippen molar-refractivity contribution in [3.05, 3.63) is 0 Å². The van der Waals surface area contributed by atoms with Crippen LogP contribution in [0.3, 0.4) is 0 Å². The molecule has 8 heavy (non-hydrogen) atoms. The monoisotopic (exact) mass is 136 g/mol. The summed E-state index contributed by atoms with van der Waals surface area (Å²) in [6.07, 6.45) is 0.925. The average molecular weight is 136 g/mol. The zero-order chi connectivity index (χ0) is 6.78. The second-order valence-corrected chi connectivity index (χ2v) is 9.14. The van der Waals surface area contributed by atoms with Crippen molar-refractivity contribution in [2.75, 3.05) is 26.2 Å². The summed E-state index contributed by atoms with van der Waals surface area (Å²) in [5.74, 6) is 0. The van der Waals surface area contributed by atoms with E-state index in [0.717, 1.165) is 6.16 Å². The van der Waals surface area contributed by atoms with Crippen LogP contribution in [0, 0.1) is 0 Å². The van der Waals surface area contributed by atoms with Gasteiger partial charge in [0.25, 0.3) is 0 Å². The maximum absolute atomic E-state index is 8.92. The zero-order valence-electron chi connectivity index (χ0n) is 6.23. The van der Waals surface area contributed by atoms with Crippen LogP contribution in [0.4, 0.5) is 0 Å². The van der Waals surface area contributed by atoms with Crippen molar-refractivity contribution in [3.8, 4) is 0 Å². The number of aliphatic hydroxyl groups is 1. The SMILES string of the molecule is CC(O)C[PH](C)(C)C. The molecule has 0 aliphatic carbocycles. The quantitative estimate of drug-likeness (QED) is 0.562. The molecule has 0 rings (SSSR count). The van der Waals surface area contributed by atoms with Crippen molar-refractivity contribution in [2.24, 2.45) is 0 Å². The predicted molar refractivity (Wildman–Crippen MR) is 42.6 cm³/mol. The first-order chi connectivity index (χ1) is 3.42. The Hall–Kier alpha value is 0.390. The zero-order valence-corrected chi connectivity index (χ0v) is 7.23. The van der Waals surface area contributed by atoms with E-state index in [-0.39, 0.29) is 6.10 Å². The molecule has 0 aromatic rings. The minimum atomic E-state index is -0.970. The Kier molecular flexibility index (Phi) is 2.93. The van der Waals surface area contributed by atoms with Crippen molar-refractivity contribution in [3.63, 3.8) is 0 Å². The van der Waals surface area contributed by atoms with Gasteiger partial charge >= 0.3 is 51.6 Å². The van der Waals surface area contributed by atoms with Crippen LogP contribution < -0.4 is 0 Å². The summed E-state index contributed by atoms with van der Waals surface area (Å²) in [5.41, 5.74) is 0. The fourth-order valence-corrected chi connectivity index (χ4v) is 2.66. The molecule has 0 amide bonds. The average Bonchev–Trinajstić information content (AvgIpc) is 1.21. The molecule has 0 aliphatic rings. The Morgan fingerprint density at radius 3 is 1.75 bits per heavy atom. The van der Waals surface area contributed by atoms with Gasteiger partial charge in [-0.15, -0.1) is 0 Å². The third kappa shape index (κ3) is 6.39. The molecule has 1 atom stereocenters. The molecule has 0 aromatic carbocycles. The van der Waals surface area contributed by atoms with Crippen molar-refractivity contribution >= 4 is 7.26 Å². The predicted octanol–water partition coefficient (Wildman–Crippen LogP) is 1.01. The first kappa shape index (κ1) is 8.39. The second-order valence-electron chi connectivity index (χ2n) is 3.61. The molecule has 1 unspecified atom stereocenters. The van der Waals surface area contributed by atoms with Gasteiger partial charge in [-0.1, -0.05) is 0 Å². The van der Waals surface area contributed by atoms with Crippen LogP contribution in [0.15, 0.2) is 0 Å². The molecule has 0 bridgehead atoms. The molecule has 0 radical (unpaired) electrons. The van der Waals surface area contributed by atoms with Crippen molar-refractivity contribution in [1.29, 1.82) is 0 Å². The molecule has 0 saturated carbocycles. The molecule has 2 heteroatoms. The third-order valence-corrected chi connectivity index (χ3v) is 2.72. The fourth-order valence-electron chi connectivity index (χ4n) is 0.886. The van der Waals surface area contributed by atoms with Gasteiger partial charge < -0.3 is 0 Å². The Morgan fingerprint density at radius 2 is 1.75 bits per heavy atom. The van der Waals surface area contributed by atoms with Crippen molar-refractivity contribution < 1.29 is 5.11 Å². The molecular weight excluding hydrogens is 119 g/mol. The van der Waals surface area contributed by atoms with E-state index in [1.165, 1.54) is 0 Å². The molecule has 0 aromatic heterocycles. The summed E-state index contributed by atoms with van der Waals surface area (Å²) in [5, 5.41) is 8.92. The summed E-state index contributed by atoms with van der Waals surface area (Å²) < 4.78 is 0. The molecule has 0 aliphatic heterocycles. The summed E-state index contributed by atoms with van der Waals surface area (Å²) >= 11 is 0. The van der Waals surface area contributed by atoms with E-state index in [9.17, 15) is 0 Å². The van der Waals surface area contributed by atoms with Crippen LogP contribution in [-0.2, 0) is 0 Å². The normalized spacial score (nSPS) is 18.1. The Bertz CT molecular complexity index is 63.4. The first-order valence-electron chi connectivity index (χ1n) is 3.10. The van der Waals surface area contributed by atoms with Gasteiger partial charge in [0.2, 0.25) is 0 Å². The van der Waals surface area contributed by atoms with E-state index in [0.29, 0.717) is 0 Å². The standard InChI is InChI=1S/C6H17OP/c1-6(7)5-8(2,3)4/h6-8H,5H2,1-4H3. The molecule has 1 nitrogen and oxygen atoms in total. The van der Waals surface area contributed by atoms with Gasteiger partial charge in [0.15, 0.2) is 0 Å². The van der Waals surface area contributed by atoms with Gasteiger partial charge in [0.05, 0.1) is 0 Å². The van der Waals surface area contributed by atoms with Crippen molar-refractivity contribution in [1.82, 2.24) is 0 Å². The maximum atomic E-state index is 8.92. The molecular formula is C6H17OP. The second kappa shape index (κ2) is 2.80. The van der Waals surface area contributed by atoms with Gasteiger partial charge in [-0.3, -0.25) is 0 Å². The Labute approximate surface area is 52.4 Å². The fraction of sp³-hybridized carbons (Fsp3) is 1.00. The minimum absolute atomic E-state index is 0.0957. The first-order valence-corrected chi connectivity index (χ1v) is 6.80. The Morgan fingerprint density at radius 1 is 1.38 bits per heavy atom. The topological polar surface area (TPSA) is 20.2 Å². The van der Waals surface area contributed by atoms with E-state index in [2.05, 4.69) is 20.0 Å². The number of hydrogen-bond donors (Lipinski definition) is 1. The molecule has 0 fully saturated rings. The van der Waals surface area contributed by atoms with Crippen LogP contribution in [0.5, 0.6) is 0 Å². The van der Waals surface area contributed by atoms with Gasteiger partial charge in [0.1, 0.15) is 0 Å². The summed E-state index contributed by atoms with van der Waals surface area (Å²) in [7, 11) is -0.970. The molecule has 0 saturated heterocycles. The number of aliphatic hydroxyl groups excluding tert-OH is 1. The number of rotatable bonds is 2. The molecule has 52 valence electrons. The summed E-state index contributed by atoms with van der Waals surface area (Å²) in [6.45, 7) is 8.65. The molecule has 1 N–H and O–H groups in total. The molecule has 0 heterocycles. The van der Waals surface area contributed by atoms with E-state index in [1.807, 2.05) is 6.92 Å². The Balaban J connectivity index is 3.39. The summed E-state index contributed by atoms with van der Waals surface area (Å²) in [6, 6.07) is 0. The van der Waals surface area contributed by atoms with Gasteiger partial charge in [-0.2, -0.15) is 0 Å². The van der Waals surface area contributed by atoms with Crippen LogP contribution in [0.1, 0.15) is 6.92 Å². The van der Waals surface area contributed by atoms with E-state index in [1.54, 1.807) is 0 Å². The third-order valence-electron chi connectivity index (χ3n) is 0.908.